The van der Waals surface area contributed by atoms with Crippen LogP contribution in [0.25, 0.3) is 22.0 Å². The minimum atomic E-state index is -0.403. The molecule has 0 spiro atoms. The lowest BCUT2D eigenvalue weighted by atomic mass is 10.0. The lowest BCUT2D eigenvalue weighted by molar-refractivity contribution is 0.102. The van der Waals surface area contributed by atoms with Crippen molar-refractivity contribution in [2.24, 2.45) is 7.05 Å². The number of halogens is 1. The van der Waals surface area contributed by atoms with Crippen LogP contribution >= 0.6 is 0 Å². The zero-order valence-electron chi connectivity index (χ0n) is 19.4. The molecule has 176 valence electrons. The van der Waals surface area contributed by atoms with Crippen LogP contribution in [-0.4, -0.2) is 57.0 Å². The molecule has 34 heavy (non-hydrogen) atoms. The Morgan fingerprint density at radius 3 is 2.56 bits per heavy atom. The normalized spacial score (nSPS) is 15.1. The number of aromatic nitrogens is 4. The van der Waals surface area contributed by atoms with E-state index >= 15 is 0 Å². The summed E-state index contributed by atoms with van der Waals surface area (Å²) < 4.78 is 22.5. The Bertz CT molecular complexity index is 1340. The van der Waals surface area contributed by atoms with Crippen LogP contribution in [0.3, 0.4) is 0 Å². The van der Waals surface area contributed by atoms with Crippen molar-refractivity contribution in [2.45, 2.75) is 25.9 Å². The summed E-state index contributed by atoms with van der Waals surface area (Å²) in [6.07, 6.45) is 3.84. The van der Waals surface area contributed by atoms with Crippen molar-refractivity contribution >= 4 is 22.5 Å². The number of aryl methyl sites for hydroxylation is 1. The summed E-state index contributed by atoms with van der Waals surface area (Å²) in [6.45, 7) is 3.93. The van der Waals surface area contributed by atoms with Crippen LogP contribution in [0.2, 0.25) is 0 Å². The summed E-state index contributed by atoms with van der Waals surface area (Å²) in [5.74, 6) is -0.000149. The molecule has 2 N–H and O–H groups in total. The van der Waals surface area contributed by atoms with Crippen molar-refractivity contribution in [2.75, 3.05) is 25.5 Å². The fourth-order valence-electron chi connectivity index (χ4n) is 4.28. The highest BCUT2D eigenvalue weighted by molar-refractivity contribution is 6.11. The second-order valence-electron chi connectivity index (χ2n) is 8.82. The number of ether oxygens (including phenoxy) is 1. The van der Waals surface area contributed by atoms with Gasteiger partial charge in [0.2, 0.25) is 0 Å². The highest BCUT2D eigenvalue weighted by Gasteiger charge is 2.20. The second kappa shape index (κ2) is 8.90. The van der Waals surface area contributed by atoms with Gasteiger partial charge in [-0.25, -0.2) is 4.39 Å². The van der Waals surface area contributed by atoms with Crippen molar-refractivity contribution in [3.8, 4) is 16.9 Å². The first kappa shape index (κ1) is 22.1. The first-order chi connectivity index (χ1) is 16.4. The Hall–Kier alpha value is -3.72. The van der Waals surface area contributed by atoms with Gasteiger partial charge < -0.3 is 15.0 Å². The molecule has 3 heterocycles. The molecule has 0 atom stereocenters. The number of hydrogen-bond donors (Lipinski definition) is 2. The van der Waals surface area contributed by atoms with Crippen molar-refractivity contribution in [3.05, 3.63) is 59.8 Å². The molecule has 4 aromatic rings. The third-order valence-corrected chi connectivity index (χ3v) is 6.47. The van der Waals surface area contributed by atoms with Gasteiger partial charge in [0.25, 0.3) is 5.91 Å². The number of carbonyl (C=O) groups excluding carboxylic acids is 1. The van der Waals surface area contributed by atoms with Gasteiger partial charge in [-0.15, -0.1) is 0 Å². The fourth-order valence-corrected chi connectivity index (χ4v) is 4.28. The second-order valence-corrected chi connectivity index (χ2v) is 8.82. The van der Waals surface area contributed by atoms with Crippen LogP contribution in [0.4, 0.5) is 10.1 Å². The molecule has 0 saturated carbocycles. The molecular weight excluding hydrogens is 435 g/mol. The number of piperidine rings is 1. The highest BCUT2D eigenvalue weighted by atomic mass is 19.1. The van der Waals surface area contributed by atoms with E-state index in [4.69, 9.17) is 4.74 Å². The summed E-state index contributed by atoms with van der Waals surface area (Å²) in [5, 5.41) is 14.5. The third-order valence-electron chi connectivity index (χ3n) is 6.47. The van der Waals surface area contributed by atoms with E-state index in [0.717, 1.165) is 37.4 Å². The molecule has 1 fully saturated rings. The smallest absolute Gasteiger partial charge is 0.276 e. The Morgan fingerprint density at radius 1 is 1.15 bits per heavy atom. The van der Waals surface area contributed by atoms with E-state index in [0.29, 0.717) is 27.7 Å². The highest BCUT2D eigenvalue weighted by Crippen LogP contribution is 2.31. The lowest BCUT2D eigenvalue weighted by Gasteiger charge is -2.29. The molecule has 5 rings (SSSR count). The minimum absolute atomic E-state index is 0.199. The maximum atomic E-state index is 14.8. The first-order valence-electron chi connectivity index (χ1n) is 11.3. The Labute approximate surface area is 196 Å². The van der Waals surface area contributed by atoms with E-state index in [2.05, 4.69) is 32.6 Å². The zero-order chi connectivity index (χ0) is 23.8. The van der Waals surface area contributed by atoms with Crippen LogP contribution in [0, 0.1) is 12.7 Å². The van der Waals surface area contributed by atoms with Gasteiger partial charge in [-0.2, -0.15) is 10.2 Å². The quantitative estimate of drug-likeness (QED) is 0.466. The van der Waals surface area contributed by atoms with E-state index in [9.17, 15) is 9.18 Å². The molecule has 8 nitrogen and oxygen atoms in total. The van der Waals surface area contributed by atoms with Crippen LogP contribution in [0.1, 0.15) is 29.0 Å². The number of nitrogens with one attached hydrogen (secondary N) is 2. The molecule has 0 bridgehead atoms. The molecule has 1 amide bonds. The summed E-state index contributed by atoms with van der Waals surface area (Å²) in [6, 6.07) is 10.3. The topological polar surface area (TPSA) is 88.1 Å². The molecule has 1 saturated heterocycles. The van der Waals surface area contributed by atoms with Gasteiger partial charge in [0.1, 0.15) is 17.7 Å². The predicted molar refractivity (Wildman–Crippen MR) is 129 cm³/mol. The number of amides is 1. The van der Waals surface area contributed by atoms with Gasteiger partial charge in [-0.1, -0.05) is 0 Å². The fraction of sp³-hybridized carbons (Fsp3) is 0.320. The van der Waals surface area contributed by atoms with Gasteiger partial charge in [-0.05, 0) is 57.1 Å². The number of carbonyl (C=O) groups is 1. The maximum absolute atomic E-state index is 14.8. The monoisotopic (exact) mass is 462 g/mol. The number of hydrogen-bond acceptors (Lipinski definition) is 5. The summed E-state index contributed by atoms with van der Waals surface area (Å²) in [4.78, 5) is 15.3. The zero-order valence-corrected chi connectivity index (χ0v) is 19.4. The van der Waals surface area contributed by atoms with E-state index < -0.39 is 5.82 Å². The third kappa shape index (κ3) is 4.26. The molecule has 0 radical (unpaired) electrons. The van der Waals surface area contributed by atoms with Gasteiger partial charge in [0, 0.05) is 54.1 Å². The number of likely N-dealkylation sites (tertiary alicyclic amines) is 1. The van der Waals surface area contributed by atoms with Crippen molar-refractivity contribution < 1.29 is 13.9 Å². The molecular formula is C25H27FN6O2. The van der Waals surface area contributed by atoms with Crippen LogP contribution in [0.5, 0.6) is 5.75 Å². The van der Waals surface area contributed by atoms with Gasteiger partial charge in [0.05, 0.1) is 11.7 Å². The maximum Gasteiger partial charge on any atom is 0.276 e. The number of fused-ring (bicyclic) bond motifs is 1. The van der Waals surface area contributed by atoms with Crippen LogP contribution in [0.15, 0.2) is 42.6 Å². The number of rotatable bonds is 5. The molecule has 0 unspecified atom stereocenters. The van der Waals surface area contributed by atoms with E-state index in [-0.39, 0.29) is 17.7 Å². The number of anilines is 1. The molecule has 0 aliphatic carbocycles. The van der Waals surface area contributed by atoms with Crippen molar-refractivity contribution in [3.63, 3.8) is 0 Å². The Balaban J connectivity index is 1.33. The van der Waals surface area contributed by atoms with Crippen molar-refractivity contribution in [1.29, 1.82) is 0 Å². The van der Waals surface area contributed by atoms with Gasteiger partial charge in [0.15, 0.2) is 5.69 Å². The number of benzene rings is 2. The summed E-state index contributed by atoms with van der Waals surface area (Å²) in [7, 11) is 3.92. The van der Waals surface area contributed by atoms with Crippen LogP contribution in [-0.2, 0) is 7.05 Å². The molecule has 2 aromatic carbocycles. The number of H-pyrrole nitrogens is 1. The number of aromatic amines is 1. The molecule has 9 heteroatoms. The van der Waals surface area contributed by atoms with Gasteiger partial charge in [-0.3, -0.25) is 14.6 Å². The van der Waals surface area contributed by atoms with Crippen molar-refractivity contribution in [1.82, 2.24) is 24.9 Å². The molecule has 1 aliphatic heterocycles. The molecule has 2 aromatic heterocycles. The van der Waals surface area contributed by atoms with E-state index in [1.165, 1.54) is 6.07 Å². The van der Waals surface area contributed by atoms with Gasteiger partial charge >= 0.3 is 0 Å². The average Bonchev–Trinajstić information content (AvgIpc) is 3.38. The number of nitrogens with zero attached hydrogens (tertiary/aromatic N) is 4. The Kier molecular flexibility index (Phi) is 5.79. The predicted octanol–water partition coefficient (Wildman–Crippen LogP) is 4.14. The standard InChI is InChI=1S/C25H27FN6O2/c1-15-21(14-27-32(15)3)19-12-20-23(13-22(19)26)29-30-24(20)25(33)28-16-4-6-17(7-5-16)34-18-8-10-31(2)11-9-18/h4-7,12-14,18H,8-11H2,1-3H3,(H,28,33)(H,29,30). The lowest BCUT2D eigenvalue weighted by Crippen LogP contribution is -2.35. The largest absolute Gasteiger partial charge is 0.490 e. The van der Waals surface area contributed by atoms with E-state index in [1.54, 1.807) is 36.1 Å². The van der Waals surface area contributed by atoms with E-state index in [1.807, 2.05) is 19.1 Å². The average molecular weight is 463 g/mol. The van der Waals surface area contributed by atoms with Crippen LogP contribution < -0.4 is 10.1 Å². The first-order valence-corrected chi connectivity index (χ1v) is 11.3. The summed E-state index contributed by atoms with van der Waals surface area (Å²) in [5.41, 5.74) is 3.16. The Morgan fingerprint density at radius 2 is 1.88 bits per heavy atom. The minimum Gasteiger partial charge on any atom is -0.490 e. The SMILES string of the molecule is Cc1c(-c2cc3c(C(=O)Nc4ccc(OC5CCN(C)CC5)cc4)n[nH]c3cc2F)cnn1C. The summed E-state index contributed by atoms with van der Waals surface area (Å²) >= 11 is 0. The molecule has 1 aliphatic rings.